The number of carbonyl (C=O) groups is 2. The molecule has 0 atom stereocenters. The van der Waals surface area contributed by atoms with Crippen LogP contribution in [0.3, 0.4) is 0 Å². The van der Waals surface area contributed by atoms with Gasteiger partial charge in [0.05, 0.1) is 13.0 Å². The van der Waals surface area contributed by atoms with Gasteiger partial charge in [-0.1, -0.05) is 24.3 Å². The van der Waals surface area contributed by atoms with Gasteiger partial charge in [-0.2, -0.15) is 0 Å². The lowest BCUT2D eigenvalue weighted by atomic mass is 10.0. The van der Waals surface area contributed by atoms with E-state index in [2.05, 4.69) is 0 Å². The second kappa shape index (κ2) is 6.48. The van der Waals surface area contributed by atoms with Crippen LogP contribution in [0.25, 0.3) is 6.08 Å². The van der Waals surface area contributed by atoms with E-state index in [9.17, 15) is 9.59 Å². The summed E-state index contributed by atoms with van der Waals surface area (Å²) in [7, 11) is 0. The van der Waals surface area contributed by atoms with Crippen molar-refractivity contribution in [1.29, 1.82) is 0 Å². The summed E-state index contributed by atoms with van der Waals surface area (Å²) in [6.45, 7) is 2.08. The molecule has 0 aliphatic carbocycles. The van der Waals surface area contributed by atoms with Crippen LogP contribution in [0.4, 0.5) is 0 Å². The Labute approximate surface area is 99.5 Å². The fraction of sp³-hybridized carbons (Fsp3) is 0.231. The predicted molar refractivity (Wildman–Crippen MR) is 63.4 cm³/mol. The fourth-order valence-corrected chi connectivity index (χ4v) is 1.39. The highest BCUT2D eigenvalue weighted by atomic mass is 16.5. The van der Waals surface area contributed by atoms with Crippen LogP contribution >= 0.6 is 0 Å². The minimum absolute atomic E-state index is 0.147. The zero-order chi connectivity index (χ0) is 12.7. The highest BCUT2D eigenvalue weighted by Gasteiger charge is 2.06. The average molecular weight is 234 g/mol. The van der Waals surface area contributed by atoms with Crippen LogP contribution in [-0.2, 0) is 20.7 Å². The number of ether oxygens (including phenoxy) is 1. The van der Waals surface area contributed by atoms with Crippen molar-refractivity contribution >= 4 is 18.0 Å². The number of hydrogen-bond acceptors (Lipinski definition) is 3. The summed E-state index contributed by atoms with van der Waals surface area (Å²) in [6.07, 6.45) is 2.66. The Morgan fingerprint density at radius 3 is 2.71 bits per heavy atom. The predicted octanol–water partition coefficient (Wildman–Crippen LogP) is 1.89. The first-order valence-corrected chi connectivity index (χ1v) is 5.28. The smallest absolute Gasteiger partial charge is 0.328 e. The van der Waals surface area contributed by atoms with Crippen LogP contribution in [0.15, 0.2) is 30.3 Å². The van der Waals surface area contributed by atoms with Crippen LogP contribution in [0.1, 0.15) is 18.1 Å². The summed E-state index contributed by atoms with van der Waals surface area (Å²) >= 11 is 0. The molecule has 0 radical (unpaired) electrons. The first-order valence-electron chi connectivity index (χ1n) is 5.28. The second-order valence-electron chi connectivity index (χ2n) is 3.35. The summed E-state index contributed by atoms with van der Waals surface area (Å²) in [5.41, 5.74) is 1.46. The number of esters is 1. The summed E-state index contributed by atoms with van der Waals surface area (Å²) in [5, 5.41) is 8.55. The summed E-state index contributed by atoms with van der Waals surface area (Å²) in [5.74, 6) is -1.33. The number of carboxylic acid groups (broad SMARTS) is 1. The number of aliphatic carboxylic acids is 1. The Hall–Kier alpha value is -2.10. The number of hydrogen-bond donors (Lipinski definition) is 1. The Bertz CT molecular complexity index is 435. The molecule has 0 unspecified atom stereocenters. The van der Waals surface area contributed by atoms with Crippen molar-refractivity contribution in [3.8, 4) is 0 Å². The van der Waals surface area contributed by atoms with Gasteiger partial charge >= 0.3 is 11.9 Å². The van der Waals surface area contributed by atoms with Gasteiger partial charge in [-0.15, -0.1) is 0 Å². The van der Waals surface area contributed by atoms with E-state index in [-0.39, 0.29) is 12.4 Å². The van der Waals surface area contributed by atoms with Gasteiger partial charge in [0.2, 0.25) is 0 Å². The number of carbonyl (C=O) groups excluding carboxylic acids is 1. The highest BCUT2D eigenvalue weighted by Crippen LogP contribution is 2.12. The molecule has 1 rings (SSSR count). The van der Waals surface area contributed by atoms with Crippen molar-refractivity contribution < 1.29 is 19.4 Å². The first-order chi connectivity index (χ1) is 8.13. The van der Waals surface area contributed by atoms with E-state index in [1.165, 1.54) is 6.08 Å². The fourth-order valence-electron chi connectivity index (χ4n) is 1.39. The SMILES string of the molecule is CCOC(=O)Cc1ccccc1/C=C/C(=O)O. The van der Waals surface area contributed by atoms with Gasteiger partial charge in [0, 0.05) is 6.08 Å². The summed E-state index contributed by atoms with van der Waals surface area (Å²) in [4.78, 5) is 21.8. The first kappa shape index (κ1) is 13.0. The molecule has 0 aromatic heterocycles. The quantitative estimate of drug-likeness (QED) is 0.624. The van der Waals surface area contributed by atoms with E-state index in [0.717, 1.165) is 11.6 Å². The van der Waals surface area contributed by atoms with Crippen LogP contribution in [0.2, 0.25) is 0 Å². The van der Waals surface area contributed by atoms with Crippen LogP contribution in [-0.4, -0.2) is 23.7 Å². The molecule has 0 amide bonds. The number of rotatable bonds is 5. The third-order valence-electron chi connectivity index (χ3n) is 2.10. The lowest BCUT2D eigenvalue weighted by Gasteiger charge is -2.05. The van der Waals surface area contributed by atoms with Crippen molar-refractivity contribution in [3.05, 3.63) is 41.5 Å². The Morgan fingerprint density at radius 1 is 1.35 bits per heavy atom. The van der Waals surface area contributed by atoms with Gasteiger partial charge in [-0.3, -0.25) is 4.79 Å². The molecule has 0 saturated carbocycles. The maximum absolute atomic E-state index is 11.3. The van der Waals surface area contributed by atoms with Crippen LogP contribution in [0.5, 0.6) is 0 Å². The van der Waals surface area contributed by atoms with E-state index in [4.69, 9.17) is 9.84 Å². The van der Waals surface area contributed by atoms with Crippen molar-refractivity contribution in [2.24, 2.45) is 0 Å². The molecule has 0 aliphatic rings. The van der Waals surface area contributed by atoms with E-state index >= 15 is 0 Å². The van der Waals surface area contributed by atoms with E-state index in [1.807, 2.05) is 0 Å². The molecule has 1 aromatic rings. The number of benzene rings is 1. The molecule has 0 spiro atoms. The molecule has 1 aromatic carbocycles. The lowest BCUT2D eigenvalue weighted by molar-refractivity contribution is -0.142. The van der Waals surface area contributed by atoms with Gasteiger partial charge in [0.15, 0.2) is 0 Å². The normalized spacial score (nSPS) is 10.4. The lowest BCUT2D eigenvalue weighted by Crippen LogP contribution is -2.08. The maximum atomic E-state index is 11.3. The van der Waals surface area contributed by atoms with Crippen molar-refractivity contribution in [2.45, 2.75) is 13.3 Å². The van der Waals surface area contributed by atoms with Gasteiger partial charge in [0.1, 0.15) is 0 Å². The molecule has 90 valence electrons. The van der Waals surface area contributed by atoms with E-state index in [1.54, 1.807) is 31.2 Å². The largest absolute Gasteiger partial charge is 0.478 e. The number of carboxylic acids is 1. The van der Waals surface area contributed by atoms with Crippen LogP contribution in [0, 0.1) is 0 Å². The molecule has 17 heavy (non-hydrogen) atoms. The molecule has 0 aliphatic heterocycles. The minimum atomic E-state index is -1.02. The van der Waals surface area contributed by atoms with Crippen molar-refractivity contribution in [2.75, 3.05) is 6.61 Å². The highest BCUT2D eigenvalue weighted by molar-refractivity contribution is 5.86. The molecule has 0 fully saturated rings. The second-order valence-corrected chi connectivity index (χ2v) is 3.35. The minimum Gasteiger partial charge on any atom is -0.478 e. The van der Waals surface area contributed by atoms with Gasteiger partial charge in [-0.05, 0) is 24.1 Å². The van der Waals surface area contributed by atoms with Crippen molar-refractivity contribution in [3.63, 3.8) is 0 Å². The Balaban J connectivity index is 2.84. The molecule has 0 bridgehead atoms. The topological polar surface area (TPSA) is 63.6 Å². The third kappa shape index (κ3) is 4.51. The molecular formula is C13H14O4. The van der Waals surface area contributed by atoms with Crippen LogP contribution < -0.4 is 0 Å². The molecule has 4 heteroatoms. The zero-order valence-electron chi connectivity index (χ0n) is 9.55. The van der Waals surface area contributed by atoms with Gasteiger partial charge in [-0.25, -0.2) is 4.79 Å². The summed E-state index contributed by atoms with van der Waals surface area (Å²) < 4.78 is 4.85. The molecular weight excluding hydrogens is 220 g/mol. The van der Waals surface area contributed by atoms with E-state index in [0.29, 0.717) is 12.2 Å². The molecule has 1 N–H and O–H groups in total. The standard InChI is InChI=1S/C13H14O4/c1-2-17-13(16)9-11-6-4-3-5-10(11)7-8-12(14)15/h3-8H,2,9H2,1H3,(H,14,15)/b8-7+. The molecule has 0 heterocycles. The zero-order valence-corrected chi connectivity index (χ0v) is 9.55. The Kier molecular flexibility index (Phi) is 4.94. The third-order valence-corrected chi connectivity index (χ3v) is 2.10. The monoisotopic (exact) mass is 234 g/mol. The maximum Gasteiger partial charge on any atom is 0.328 e. The van der Waals surface area contributed by atoms with E-state index < -0.39 is 5.97 Å². The average Bonchev–Trinajstić information content (AvgIpc) is 2.28. The molecule has 0 saturated heterocycles. The molecule has 4 nitrogen and oxygen atoms in total. The Morgan fingerprint density at radius 2 is 2.06 bits per heavy atom. The van der Waals surface area contributed by atoms with Crippen molar-refractivity contribution in [1.82, 2.24) is 0 Å². The van der Waals surface area contributed by atoms with Gasteiger partial charge < -0.3 is 9.84 Å². The van der Waals surface area contributed by atoms with Gasteiger partial charge in [0.25, 0.3) is 0 Å². The summed E-state index contributed by atoms with van der Waals surface area (Å²) in [6, 6.07) is 7.12.